The van der Waals surface area contributed by atoms with E-state index < -0.39 is 11.9 Å². The molecule has 20 heavy (non-hydrogen) atoms. The molecule has 0 amide bonds. The highest BCUT2D eigenvalue weighted by Crippen LogP contribution is 2.18. The lowest BCUT2D eigenvalue weighted by atomic mass is 10.1. The van der Waals surface area contributed by atoms with Gasteiger partial charge in [0.2, 0.25) is 5.69 Å². The molecule has 0 atom stereocenters. The maximum Gasteiger partial charge on any atom is 0.375 e. The van der Waals surface area contributed by atoms with E-state index in [1.165, 1.54) is 24.3 Å². The first-order valence-corrected chi connectivity index (χ1v) is 5.66. The Labute approximate surface area is 113 Å². The highest BCUT2D eigenvalue weighted by molar-refractivity contribution is 5.95. The number of hydrogen-bond donors (Lipinski definition) is 5. The quantitative estimate of drug-likeness (QED) is 0.318. The number of hydrogen-bond acceptors (Lipinski definition) is 3. The van der Waals surface area contributed by atoms with Gasteiger partial charge in [-0.1, -0.05) is 12.1 Å². The third kappa shape index (κ3) is 2.69. The molecule has 2 rings (SSSR count). The number of aromatic carboxylic acids is 1. The van der Waals surface area contributed by atoms with Crippen molar-refractivity contribution in [3.05, 3.63) is 53.6 Å². The summed E-state index contributed by atoms with van der Waals surface area (Å²) in [5, 5.41) is 37.8. The number of carbonyl (C=O) groups is 1. The molecule has 0 fully saturated rings. The summed E-state index contributed by atoms with van der Waals surface area (Å²) in [6.07, 6.45) is 0. The van der Waals surface area contributed by atoms with E-state index in [1.54, 1.807) is 12.1 Å². The Morgan fingerprint density at radius 1 is 0.950 bits per heavy atom. The fraction of sp³-hybridized carbons (Fsp3) is 0. The molecule has 0 spiro atoms. The van der Waals surface area contributed by atoms with E-state index in [9.17, 15) is 20.1 Å². The number of nitrogens with one attached hydrogen (secondary N) is 1. The van der Waals surface area contributed by atoms with Crippen molar-refractivity contribution < 1.29 is 30.2 Å². The fourth-order valence-corrected chi connectivity index (χ4v) is 1.69. The number of phenols is 2. The third-order valence-electron chi connectivity index (χ3n) is 2.65. The molecule has 0 radical (unpaired) electrons. The molecule has 0 unspecified atom stereocenters. The zero-order chi connectivity index (χ0) is 14.7. The second-order valence-corrected chi connectivity index (χ2v) is 4.03. The van der Waals surface area contributed by atoms with E-state index in [0.717, 1.165) is 6.07 Å². The molecular formula is C14H12NO5+. The van der Waals surface area contributed by atoms with E-state index in [0.29, 0.717) is 0 Å². The molecule has 0 aliphatic carbocycles. The highest BCUT2D eigenvalue weighted by Gasteiger charge is 2.19. The van der Waals surface area contributed by atoms with Crippen LogP contribution < -0.4 is 4.99 Å². The largest absolute Gasteiger partial charge is 0.508 e. The summed E-state index contributed by atoms with van der Waals surface area (Å²) in [6.45, 7) is 0. The average molecular weight is 274 g/mol. The van der Waals surface area contributed by atoms with Crippen LogP contribution in [0.1, 0.15) is 15.9 Å². The van der Waals surface area contributed by atoms with Gasteiger partial charge in [-0.3, -0.25) is 0 Å². The van der Waals surface area contributed by atoms with Crippen LogP contribution in [0, 0.1) is 0 Å². The minimum absolute atomic E-state index is 0.0936. The first-order chi connectivity index (χ1) is 9.49. The Morgan fingerprint density at radius 3 is 2.30 bits per heavy atom. The Bertz CT molecular complexity index is 694. The highest BCUT2D eigenvalue weighted by atomic mass is 16.4. The van der Waals surface area contributed by atoms with Crippen LogP contribution in [0.4, 0.5) is 5.69 Å². The molecule has 2 aromatic rings. The maximum absolute atomic E-state index is 11.1. The summed E-state index contributed by atoms with van der Waals surface area (Å²) in [7, 11) is 0. The van der Waals surface area contributed by atoms with Gasteiger partial charge in [-0.05, 0) is 18.2 Å². The molecule has 0 aliphatic rings. The van der Waals surface area contributed by atoms with Crippen LogP contribution in [0.15, 0.2) is 42.5 Å². The minimum atomic E-state index is -1.26. The Balaban J connectivity index is 2.50. The van der Waals surface area contributed by atoms with Crippen molar-refractivity contribution in [1.82, 2.24) is 0 Å². The summed E-state index contributed by atoms with van der Waals surface area (Å²) in [5.41, 5.74) is 0.0277. The van der Waals surface area contributed by atoms with Crippen LogP contribution >= 0.6 is 0 Å². The standard InChI is InChI=1S/C14H11NO5/c16-8-5-6-11(10(7-8)14(19)20)15-13(18)9-3-1-2-4-12(9)17/h1-7,16-17H,(H,15,18)(H,19,20)/p+1. The van der Waals surface area contributed by atoms with Gasteiger partial charge in [-0.2, -0.15) is 4.99 Å². The number of aromatic hydroxyl groups is 2. The number of carboxylic acid groups (broad SMARTS) is 1. The van der Waals surface area contributed by atoms with Gasteiger partial charge < -0.3 is 20.4 Å². The normalized spacial score (nSPS) is 11.3. The molecule has 0 heterocycles. The van der Waals surface area contributed by atoms with E-state index >= 15 is 0 Å². The van der Waals surface area contributed by atoms with Gasteiger partial charge in [0.05, 0.1) is 0 Å². The summed E-state index contributed by atoms with van der Waals surface area (Å²) < 4.78 is 0. The molecule has 0 saturated carbocycles. The molecule has 0 bridgehead atoms. The summed E-state index contributed by atoms with van der Waals surface area (Å²) in [4.78, 5) is 13.6. The summed E-state index contributed by atoms with van der Waals surface area (Å²) >= 11 is 0. The van der Waals surface area contributed by atoms with Crippen molar-refractivity contribution >= 4 is 17.6 Å². The predicted octanol–water partition coefficient (Wildman–Crippen LogP) is 0.513. The topological polar surface area (TPSA) is 112 Å². The molecule has 5 N–H and O–H groups in total. The van der Waals surface area contributed by atoms with Gasteiger partial charge in [-0.15, -0.1) is 0 Å². The van der Waals surface area contributed by atoms with Gasteiger partial charge in [-0.25, -0.2) is 4.79 Å². The van der Waals surface area contributed by atoms with Crippen LogP contribution in [0.2, 0.25) is 0 Å². The van der Waals surface area contributed by atoms with E-state index in [4.69, 9.17) is 5.11 Å². The molecule has 0 aliphatic heterocycles. The molecule has 6 heteroatoms. The van der Waals surface area contributed by atoms with Crippen molar-refractivity contribution in [2.75, 3.05) is 0 Å². The molecular weight excluding hydrogens is 262 g/mol. The van der Waals surface area contributed by atoms with Crippen molar-refractivity contribution in [3.63, 3.8) is 0 Å². The summed E-state index contributed by atoms with van der Waals surface area (Å²) in [6, 6.07) is 9.72. The van der Waals surface area contributed by atoms with Crippen LogP contribution in [0.5, 0.6) is 11.5 Å². The molecule has 6 nitrogen and oxygen atoms in total. The maximum atomic E-state index is 11.1. The van der Waals surface area contributed by atoms with Gasteiger partial charge in [0.1, 0.15) is 22.6 Å². The SMILES string of the molecule is O=C(O)c1cc(O)ccc1[NH+]=C(O)c1ccccc1O. The number of benzene rings is 2. The smallest absolute Gasteiger partial charge is 0.375 e. The van der Waals surface area contributed by atoms with Gasteiger partial charge in [0.15, 0.2) is 0 Å². The first-order valence-electron chi connectivity index (χ1n) is 5.66. The number of phenolic OH excluding ortho intramolecular Hbond substituents is 2. The lowest BCUT2D eigenvalue weighted by molar-refractivity contribution is -0.364. The van der Waals surface area contributed by atoms with Crippen LogP contribution in [0.25, 0.3) is 0 Å². The van der Waals surface area contributed by atoms with Crippen LogP contribution in [0.3, 0.4) is 0 Å². The van der Waals surface area contributed by atoms with Crippen molar-refractivity contribution in [1.29, 1.82) is 0 Å². The van der Waals surface area contributed by atoms with Gasteiger partial charge in [0.25, 0.3) is 0 Å². The molecule has 0 saturated heterocycles. The van der Waals surface area contributed by atoms with Gasteiger partial charge >= 0.3 is 11.9 Å². The molecule has 0 aromatic heterocycles. The predicted molar refractivity (Wildman–Crippen MR) is 70.5 cm³/mol. The molecule has 102 valence electrons. The second kappa shape index (κ2) is 5.31. The monoisotopic (exact) mass is 274 g/mol. The lowest BCUT2D eigenvalue weighted by Crippen LogP contribution is -2.67. The van der Waals surface area contributed by atoms with E-state index in [-0.39, 0.29) is 28.3 Å². The zero-order valence-corrected chi connectivity index (χ0v) is 10.2. The summed E-state index contributed by atoms with van der Waals surface area (Å²) in [5.74, 6) is -1.99. The van der Waals surface area contributed by atoms with Gasteiger partial charge in [0, 0.05) is 12.1 Å². The minimum Gasteiger partial charge on any atom is -0.508 e. The van der Waals surface area contributed by atoms with Crippen LogP contribution in [-0.2, 0) is 0 Å². The number of carboxylic acids is 1. The Hall–Kier alpha value is -3.02. The zero-order valence-electron chi connectivity index (χ0n) is 10.2. The van der Waals surface area contributed by atoms with E-state index in [2.05, 4.69) is 4.99 Å². The van der Waals surface area contributed by atoms with Crippen molar-refractivity contribution in [3.8, 4) is 11.5 Å². The Kier molecular flexibility index (Phi) is 3.56. The second-order valence-electron chi connectivity index (χ2n) is 4.03. The lowest BCUT2D eigenvalue weighted by Gasteiger charge is -2.00. The number of rotatable bonds is 3. The molecule has 2 aromatic carbocycles. The first kappa shape index (κ1) is 13.4. The number of aliphatic hydroxyl groups is 1. The van der Waals surface area contributed by atoms with Crippen molar-refractivity contribution in [2.45, 2.75) is 0 Å². The number of para-hydroxylation sites is 1. The number of aliphatic hydroxyl groups excluding tert-OH is 1. The van der Waals surface area contributed by atoms with Crippen LogP contribution in [-0.4, -0.2) is 32.3 Å². The fourth-order valence-electron chi connectivity index (χ4n) is 1.69. The Morgan fingerprint density at radius 2 is 1.65 bits per heavy atom. The third-order valence-corrected chi connectivity index (χ3v) is 2.65. The average Bonchev–Trinajstić information content (AvgIpc) is 2.41. The van der Waals surface area contributed by atoms with Crippen molar-refractivity contribution in [2.24, 2.45) is 0 Å². The van der Waals surface area contributed by atoms with E-state index in [1.807, 2.05) is 0 Å².